The number of aliphatic imine (C=N–C) groups is 1. The molecule has 3 N–H and O–H groups in total. The van der Waals surface area contributed by atoms with E-state index >= 15 is 0 Å². The van der Waals surface area contributed by atoms with Crippen LogP contribution in [0.1, 0.15) is 16.9 Å². The molecule has 0 radical (unpaired) electrons. The SMILES string of the molecule is Cc1ccc(Cl)cc1N1CCC(CN=C(N)NCCc2cccs2)C1.I. The van der Waals surface area contributed by atoms with E-state index in [0.717, 1.165) is 44.0 Å². The summed E-state index contributed by atoms with van der Waals surface area (Å²) in [6.45, 7) is 5.79. The van der Waals surface area contributed by atoms with Crippen LogP contribution in [0.4, 0.5) is 5.69 Å². The van der Waals surface area contributed by atoms with Gasteiger partial charge >= 0.3 is 0 Å². The Kier molecular flexibility index (Phi) is 8.50. The molecule has 1 aliphatic rings. The van der Waals surface area contributed by atoms with Crippen LogP contribution in [0, 0.1) is 12.8 Å². The smallest absolute Gasteiger partial charge is 0.188 e. The monoisotopic (exact) mass is 504 g/mol. The number of hydrogen-bond donors (Lipinski definition) is 2. The number of anilines is 1. The number of hydrogen-bond acceptors (Lipinski definition) is 3. The van der Waals surface area contributed by atoms with Crippen LogP contribution in [-0.4, -0.2) is 32.1 Å². The van der Waals surface area contributed by atoms with Gasteiger partial charge in [-0.3, -0.25) is 4.99 Å². The van der Waals surface area contributed by atoms with Crippen LogP contribution in [0.25, 0.3) is 0 Å². The molecule has 4 nitrogen and oxygen atoms in total. The zero-order valence-corrected chi connectivity index (χ0v) is 18.9. The van der Waals surface area contributed by atoms with Gasteiger partial charge in [0.2, 0.25) is 0 Å². The summed E-state index contributed by atoms with van der Waals surface area (Å²) in [6, 6.07) is 10.3. The maximum Gasteiger partial charge on any atom is 0.188 e. The van der Waals surface area contributed by atoms with Gasteiger partial charge in [0.25, 0.3) is 0 Å². The van der Waals surface area contributed by atoms with Crippen molar-refractivity contribution in [3.63, 3.8) is 0 Å². The van der Waals surface area contributed by atoms with Gasteiger partial charge in [-0.15, -0.1) is 35.3 Å². The molecule has 1 aromatic heterocycles. The van der Waals surface area contributed by atoms with Crippen molar-refractivity contribution in [3.8, 4) is 0 Å². The fourth-order valence-electron chi connectivity index (χ4n) is 3.18. The summed E-state index contributed by atoms with van der Waals surface area (Å²) in [5.41, 5.74) is 8.50. The summed E-state index contributed by atoms with van der Waals surface area (Å²) < 4.78 is 0. The Labute approximate surface area is 181 Å². The minimum atomic E-state index is 0. The average molecular weight is 505 g/mol. The minimum absolute atomic E-state index is 0. The zero-order valence-electron chi connectivity index (χ0n) is 15.0. The lowest BCUT2D eigenvalue weighted by Gasteiger charge is -2.21. The van der Waals surface area contributed by atoms with E-state index in [9.17, 15) is 0 Å². The molecule has 0 aliphatic carbocycles. The molecule has 1 saturated heterocycles. The molecule has 2 aromatic rings. The number of guanidine groups is 1. The Hall–Kier alpha value is -0.990. The first kappa shape index (κ1) is 21.3. The molecule has 1 aromatic carbocycles. The molecule has 1 atom stereocenters. The fraction of sp³-hybridized carbons (Fsp3) is 0.421. The third kappa shape index (κ3) is 6.03. The van der Waals surface area contributed by atoms with Crippen molar-refractivity contribution in [2.45, 2.75) is 19.8 Å². The highest BCUT2D eigenvalue weighted by molar-refractivity contribution is 14.0. The number of benzene rings is 1. The van der Waals surface area contributed by atoms with Crippen molar-refractivity contribution in [1.82, 2.24) is 5.32 Å². The molecule has 2 heterocycles. The summed E-state index contributed by atoms with van der Waals surface area (Å²) in [7, 11) is 0. The topological polar surface area (TPSA) is 53.6 Å². The maximum atomic E-state index is 6.15. The minimum Gasteiger partial charge on any atom is -0.371 e. The predicted octanol–water partition coefficient (Wildman–Crippen LogP) is 4.30. The third-order valence-corrected chi connectivity index (χ3v) is 5.75. The van der Waals surface area contributed by atoms with E-state index in [1.807, 2.05) is 6.07 Å². The summed E-state index contributed by atoms with van der Waals surface area (Å²) in [5, 5.41) is 6.10. The van der Waals surface area contributed by atoms with E-state index in [2.05, 4.69) is 51.8 Å². The summed E-state index contributed by atoms with van der Waals surface area (Å²) in [6.07, 6.45) is 2.12. The Balaban J connectivity index is 0.00000243. The third-order valence-electron chi connectivity index (χ3n) is 4.58. The lowest BCUT2D eigenvalue weighted by molar-refractivity contribution is 0.601. The van der Waals surface area contributed by atoms with Crippen LogP contribution in [0.15, 0.2) is 40.7 Å². The highest BCUT2D eigenvalue weighted by atomic mass is 127. The molecule has 1 fully saturated rings. The van der Waals surface area contributed by atoms with Crippen LogP contribution in [-0.2, 0) is 6.42 Å². The maximum absolute atomic E-state index is 6.15. The number of nitrogens with zero attached hydrogens (tertiary/aromatic N) is 2. The van der Waals surface area contributed by atoms with E-state index in [1.54, 1.807) is 11.3 Å². The fourth-order valence-corrected chi connectivity index (χ4v) is 4.05. The Morgan fingerprint density at radius 2 is 2.27 bits per heavy atom. The van der Waals surface area contributed by atoms with Crippen molar-refractivity contribution in [1.29, 1.82) is 0 Å². The first-order valence-electron chi connectivity index (χ1n) is 8.69. The van der Waals surface area contributed by atoms with Crippen molar-refractivity contribution >= 4 is 58.6 Å². The molecule has 1 unspecified atom stereocenters. The van der Waals surface area contributed by atoms with E-state index in [-0.39, 0.29) is 24.0 Å². The van der Waals surface area contributed by atoms with Crippen molar-refractivity contribution < 1.29 is 0 Å². The number of nitrogens with one attached hydrogen (secondary N) is 1. The summed E-state index contributed by atoms with van der Waals surface area (Å²) >= 11 is 7.92. The number of rotatable bonds is 6. The molecule has 1 aliphatic heterocycles. The Bertz CT molecular complexity index is 720. The summed E-state index contributed by atoms with van der Waals surface area (Å²) in [5.74, 6) is 1.09. The molecule has 7 heteroatoms. The van der Waals surface area contributed by atoms with Gasteiger partial charge in [0.1, 0.15) is 0 Å². The molecule has 0 saturated carbocycles. The largest absolute Gasteiger partial charge is 0.371 e. The molecule has 3 rings (SSSR count). The van der Waals surface area contributed by atoms with Crippen LogP contribution in [0.5, 0.6) is 0 Å². The van der Waals surface area contributed by atoms with E-state index < -0.39 is 0 Å². The van der Waals surface area contributed by atoms with Gasteiger partial charge in [0, 0.05) is 41.8 Å². The lowest BCUT2D eigenvalue weighted by Crippen LogP contribution is -2.33. The number of halogens is 2. The van der Waals surface area contributed by atoms with Gasteiger partial charge in [-0.25, -0.2) is 0 Å². The first-order chi connectivity index (χ1) is 12.1. The van der Waals surface area contributed by atoms with Crippen LogP contribution in [0.2, 0.25) is 5.02 Å². The van der Waals surface area contributed by atoms with Gasteiger partial charge in [-0.05, 0) is 54.8 Å². The quantitative estimate of drug-likeness (QED) is 0.350. The zero-order chi connectivity index (χ0) is 17.6. The molecule has 0 bridgehead atoms. The molecular formula is C19H26ClIN4S. The molecule has 0 amide bonds. The molecule has 142 valence electrons. The molecule has 0 spiro atoms. The standard InChI is InChI=1S/C19H25ClN4S.HI/c1-14-4-5-16(20)11-18(14)24-9-7-15(13-24)12-23-19(21)22-8-6-17-3-2-10-25-17;/h2-5,10-11,15H,6-9,12-13H2,1H3,(H3,21,22,23);1H. The molecular weight excluding hydrogens is 479 g/mol. The van der Waals surface area contributed by atoms with Gasteiger partial charge < -0.3 is 16.0 Å². The number of nitrogens with two attached hydrogens (primary N) is 1. The van der Waals surface area contributed by atoms with E-state index in [1.165, 1.54) is 16.1 Å². The van der Waals surface area contributed by atoms with Crippen LogP contribution < -0.4 is 16.0 Å². The van der Waals surface area contributed by atoms with Crippen molar-refractivity contribution in [2.24, 2.45) is 16.6 Å². The lowest BCUT2D eigenvalue weighted by atomic mass is 10.1. The highest BCUT2D eigenvalue weighted by Gasteiger charge is 2.23. The van der Waals surface area contributed by atoms with Crippen LogP contribution in [0.3, 0.4) is 0 Å². The number of thiophene rings is 1. The highest BCUT2D eigenvalue weighted by Crippen LogP contribution is 2.29. The predicted molar refractivity (Wildman–Crippen MR) is 124 cm³/mol. The average Bonchev–Trinajstić information content (AvgIpc) is 3.27. The van der Waals surface area contributed by atoms with Crippen molar-refractivity contribution in [3.05, 3.63) is 51.2 Å². The second-order valence-electron chi connectivity index (χ2n) is 6.51. The Morgan fingerprint density at radius 3 is 3.04 bits per heavy atom. The second-order valence-corrected chi connectivity index (χ2v) is 7.98. The van der Waals surface area contributed by atoms with Gasteiger partial charge in [-0.2, -0.15) is 0 Å². The number of aryl methyl sites for hydroxylation is 1. The Morgan fingerprint density at radius 1 is 1.42 bits per heavy atom. The first-order valence-corrected chi connectivity index (χ1v) is 9.95. The normalized spacial score (nSPS) is 17.2. The summed E-state index contributed by atoms with van der Waals surface area (Å²) in [4.78, 5) is 8.30. The van der Waals surface area contributed by atoms with E-state index in [4.69, 9.17) is 17.3 Å². The van der Waals surface area contributed by atoms with Crippen LogP contribution >= 0.6 is 46.9 Å². The van der Waals surface area contributed by atoms with Crippen molar-refractivity contribution in [2.75, 3.05) is 31.1 Å². The van der Waals surface area contributed by atoms with Gasteiger partial charge in [0.05, 0.1) is 0 Å². The van der Waals surface area contributed by atoms with Gasteiger partial charge in [-0.1, -0.05) is 23.7 Å². The van der Waals surface area contributed by atoms with Gasteiger partial charge in [0.15, 0.2) is 5.96 Å². The molecule has 26 heavy (non-hydrogen) atoms. The van der Waals surface area contributed by atoms with E-state index in [0.29, 0.717) is 11.9 Å². The second kappa shape index (κ2) is 10.4.